The van der Waals surface area contributed by atoms with Gasteiger partial charge in [0.2, 0.25) is 11.8 Å². The molecule has 0 bridgehead atoms. The van der Waals surface area contributed by atoms with Crippen molar-refractivity contribution in [2.75, 3.05) is 13.2 Å². The average Bonchev–Trinajstić information content (AvgIpc) is 3.09. The number of rotatable bonds is 5. The second-order valence-electron chi connectivity index (χ2n) is 7.91. The molecule has 2 saturated heterocycles. The van der Waals surface area contributed by atoms with Crippen molar-refractivity contribution in [3.05, 3.63) is 29.3 Å². The fourth-order valence-corrected chi connectivity index (χ4v) is 4.40. The van der Waals surface area contributed by atoms with Gasteiger partial charge in [0.1, 0.15) is 17.8 Å². The molecule has 164 valence electrons. The Morgan fingerprint density at radius 1 is 1.16 bits per heavy atom. The molecule has 1 aromatic rings. The third-order valence-corrected chi connectivity index (χ3v) is 6.00. The van der Waals surface area contributed by atoms with Crippen LogP contribution in [0.2, 0.25) is 0 Å². The van der Waals surface area contributed by atoms with Gasteiger partial charge in [0.15, 0.2) is 6.61 Å². The predicted octanol–water partition coefficient (Wildman–Crippen LogP) is 0.292. The molecule has 3 heterocycles. The summed E-state index contributed by atoms with van der Waals surface area (Å²) in [5, 5.41) is 11.6. The van der Waals surface area contributed by atoms with Crippen molar-refractivity contribution >= 4 is 29.6 Å². The topological polar surface area (TPSA) is 133 Å². The van der Waals surface area contributed by atoms with Gasteiger partial charge in [-0.15, -0.1) is 0 Å². The zero-order valence-electron chi connectivity index (χ0n) is 16.8. The molecule has 1 aromatic carbocycles. The van der Waals surface area contributed by atoms with E-state index in [1.54, 1.807) is 18.2 Å². The number of nitrogens with zero attached hydrogens (tertiary/aromatic N) is 2. The SMILES string of the molecule is O=C1CCC(N2Cc3c(OCC(=O)N4CCCCC4C(=O)O)cccc3C2=O)C(=O)N1. The molecule has 10 heteroatoms. The molecule has 4 amide bonds. The molecular formula is C21H23N3O7. The third-order valence-electron chi connectivity index (χ3n) is 6.00. The number of nitrogens with one attached hydrogen (secondary N) is 1. The quantitative estimate of drug-likeness (QED) is 0.643. The summed E-state index contributed by atoms with van der Waals surface area (Å²) >= 11 is 0. The van der Waals surface area contributed by atoms with Gasteiger partial charge < -0.3 is 19.6 Å². The highest BCUT2D eigenvalue weighted by molar-refractivity contribution is 6.05. The Morgan fingerprint density at radius 3 is 2.71 bits per heavy atom. The standard InChI is InChI=1S/C21H23N3O7/c25-17-8-7-14(19(27)22-17)24-10-13-12(20(24)28)4-3-6-16(13)31-11-18(26)23-9-2-1-5-15(23)21(29)30/h3-4,6,14-15H,1-2,5,7-11H2,(H,29,30)(H,22,25,27). The Morgan fingerprint density at radius 2 is 1.97 bits per heavy atom. The summed E-state index contributed by atoms with van der Waals surface area (Å²) in [6.07, 6.45) is 2.33. The number of aliphatic carboxylic acids is 1. The van der Waals surface area contributed by atoms with Gasteiger partial charge in [0.05, 0.1) is 6.54 Å². The Kier molecular flexibility index (Phi) is 5.62. The van der Waals surface area contributed by atoms with Gasteiger partial charge in [-0.05, 0) is 37.8 Å². The Hall–Kier alpha value is -3.43. The molecule has 0 spiro atoms. The lowest BCUT2D eigenvalue weighted by molar-refractivity contribution is -0.152. The van der Waals surface area contributed by atoms with Crippen LogP contribution in [0.25, 0.3) is 0 Å². The van der Waals surface area contributed by atoms with Crippen molar-refractivity contribution < 1.29 is 33.8 Å². The molecule has 31 heavy (non-hydrogen) atoms. The van der Waals surface area contributed by atoms with E-state index in [0.29, 0.717) is 29.8 Å². The number of imide groups is 1. The summed E-state index contributed by atoms with van der Waals surface area (Å²) in [6, 6.07) is 3.31. The summed E-state index contributed by atoms with van der Waals surface area (Å²) in [5.74, 6) is -2.29. The van der Waals surface area contributed by atoms with E-state index in [-0.39, 0.29) is 37.8 Å². The summed E-state index contributed by atoms with van der Waals surface area (Å²) in [7, 11) is 0. The lowest BCUT2D eigenvalue weighted by atomic mass is 10.0. The summed E-state index contributed by atoms with van der Waals surface area (Å²) in [6.45, 7) is 0.160. The number of hydrogen-bond acceptors (Lipinski definition) is 6. The molecule has 4 rings (SSSR count). The van der Waals surface area contributed by atoms with Crippen molar-refractivity contribution in [2.24, 2.45) is 0 Å². The molecular weight excluding hydrogens is 406 g/mol. The maximum atomic E-state index is 12.8. The lowest BCUT2D eigenvalue weighted by Gasteiger charge is -2.32. The molecule has 10 nitrogen and oxygen atoms in total. The molecule has 0 saturated carbocycles. The molecule has 0 aliphatic carbocycles. The molecule has 2 atom stereocenters. The van der Waals surface area contributed by atoms with E-state index in [1.165, 1.54) is 9.80 Å². The van der Waals surface area contributed by atoms with Crippen LogP contribution in [0.3, 0.4) is 0 Å². The largest absolute Gasteiger partial charge is 0.483 e. The van der Waals surface area contributed by atoms with E-state index in [1.807, 2.05) is 0 Å². The zero-order valence-corrected chi connectivity index (χ0v) is 16.8. The van der Waals surface area contributed by atoms with Crippen LogP contribution in [0.5, 0.6) is 5.75 Å². The van der Waals surface area contributed by atoms with Crippen molar-refractivity contribution in [3.63, 3.8) is 0 Å². The first-order valence-electron chi connectivity index (χ1n) is 10.3. The summed E-state index contributed by atoms with van der Waals surface area (Å²) in [4.78, 5) is 63.2. The first-order chi connectivity index (χ1) is 14.9. The van der Waals surface area contributed by atoms with E-state index in [0.717, 1.165) is 12.8 Å². The van der Waals surface area contributed by atoms with Gasteiger partial charge in [-0.2, -0.15) is 0 Å². The van der Waals surface area contributed by atoms with Gasteiger partial charge in [-0.3, -0.25) is 24.5 Å². The number of carbonyl (C=O) groups excluding carboxylic acids is 4. The number of hydrogen-bond donors (Lipinski definition) is 2. The number of fused-ring (bicyclic) bond motifs is 1. The van der Waals surface area contributed by atoms with Crippen LogP contribution in [-0.2, 0) is 25.7 Å². The molecule has 2 N–H and O–H groups in total. The number of likely N-dealkylation sites (tertiary alicyclic amines) is 1. The Bertz CT molecular complexity index is 960. The van der Waals surface area contributed by atoms with Gasteiger partial charge >= 0.3 is 5.97 Å². The van der Waals surface area contributed by atoms with Gasteiger partial charge in [0, 0.05) is 24.1 Å². The number of amides is 4. The first kappa shape index (κ1) is 20.8. The van der Waals surface area contributed by atoms with Crippen LogP contribution >= 0.6 is 0 Å². The Labute approximate surface area is 178 Å². The second-order valence-corrected chi connectivity index (χ2v) is 7.91. The van der Waals surface area contributed by atoms with Gasteiger partial charge in [-0.1, -0.05) is 6.07 Å². The van der Waals surface area contributed by atoms with Crippen molar-refractivity contribution in [2.45, 2.75) is 50.7 Å². The minimum Gasteiger partial charge on any atom is -0.483 e. The molecule has 2 unspecified atom stereocenters. The van der Waals surface area contributed by atoms with Crippen LogP contribution in [0.15, 0.2) is 18.2 Å². The van der Waals surface area contributed by atoms with Gasteiger partial charge in [-0.25, -0.2) is 4.79 Å². The van der Waals surface area contributed by atoms with E-state index < -0.39 is 29.9 Å². The number of carboxylic acid groups (broad SMARTS) is 1. The average molecular weight is 429 g/mol. The number of ether oxygens (including phenoxy) is 1. The zero-order chi connectivity index (χ0) is 22.1. The molecule has 2 fully saturated rings. The van der Waals surface area contributed by atoms with E-state index in [9.17, 15) is 29.1 Å². The van der Waals surface area contributed by atoms with Crippen LogP contribution in [-0.4, -0.2) is 69.7 Å². The van der Waals surface area contributed by atoms with Crippen LogP contribution in [0.4, 0.5) is 0 Å². The first-order valence-corrected chi connectivity index (χ1v) is 10.3. The minimum absolute atomic E-state index is 0.131. The fraction of sp³-hybridized carbons (Fsp3) is 0.476. The van der Waals surface area contributed by atoms with E-state index in [4.69, 9.17) is 4.74 Å². The smallest absolute Gasteiger partial charge is 0.326 e. The third kappa shape index (κ3) is 3.97. The molecule has 3 aliphatic rings. The number of benzene rings is 1. The number of carbonyl (C=O) groups is 5. The minimum atomic E-state index is -1.03. The summed E-state index contributed by atoms with van der Waals surface area (Å²) in [5.41, 5.74) is 0.953. The predicted molar refractivity (Wildman–Crippen MR) is 105 cm³/mol. The second kappa shape index (κ2) is 8.37. The van der Waals surface area contributed by atoms with Crippen LogP contribution < -0.4 is 10.1 Å². The monoisotopic (exact) mass is 429 g/mol. The van der Waals surface area contributed by atoms with E-state index in [2.05, 4.69) is 5.32 Å². The molecule has 3 aliphatic heterocycles. The highest BCUT2D eigenvalue weighted by Crippen LogP contribution is 2.33. The van der Waals surface area contributed by atoms with Gasteiger partial charge in [0.25, 0.3) is 11.8 Å². The summed E-state index contributed by atoms with van der Waals surface area (Å²) < 4.78 is 5.70. The van der Waals surface area contributed by atoms with Crippen LogP contribution in [0.1, 0.15) is 48.0 Å². The number of carboxylic acids is 1. The fourth-order valence-electron chi connectivity index (χ4n) is 4.40. The maximum Gasteiger partial charge on any atom is 0.326 e. The van der Waals surface area contributed by atoms with Crippen molar-refractivity contribution in [3.8, 4) is 5.75 Å². The highest BCUT2D eigenvalue weighted by atomic mass is 16.5. The highest BCUT2D eigenvalue weighted by Gasteiger charge is 2.40. The molecule has 0 aromatic heterocycles. The Balaban J connectivity index is 1.46. The normalized spacial score (nSPS) is 23.4. The lowest BCUT2D eigenvalue weighted by Crippen LogP contribution is -2.52. The van der Waals surface area contributed by atoms with Crippen molar-refractivity contribution in [1.82, 2.24) is 15.1 Å². The van der Waals surface area contributed by atoms with E-state index >= 15 is 0 Å². The maximum absolute atomic E-state index is 12.8. The molecule has 0 radical (unpaired) electrons. The van der Waals surface area contributed by atoms with Crippen molar-refractivity contribution in [1.29, 1.82) is 0 Å². The number of piperidine rings is 2. The van der Waals surface area contributed by atoms with Crippen LogP contribution in [0, 0.1) is 0 Å².